The minimum absolute atomic E-state index is 0.110. The molecule has 0 aliphatic carbocycles. The van der Waals surface area contributed by atoms with Gasteiger partial charge in [-0.2, -0.15) is 0 Å². The van der Waals surface area contributed by atoms with E-state index in [0.717, 1.165) is 12.8 Å². The van der Waals surface area contributed by atoms with Crippen LogP contribution >= 0.6 is 0 Å². The highest BCUT2D eigenvalue weighted by atomic mass is 32.2. The van der Waals surface area contributed by atoms with Gasteiger partial charge in [0, 0.05) is 6.04 Å². The molecule has 0 aromatic heterocycles. The highest BCUT2D eigenvalue weighted by Gasteiger charge is 2.03. The van der Waals surface area contributed by atoms with E-state index >= 15 is 0 Å². The molecular formula is C5H13NO2S. The first-order chi connectivity index (χ1) is 4.16. The molecular weight excluding hydrogens is 138 g/mol. The molecule has 3 N–H and O–H groups in total. The Balaban J connectivity index is 3.26. The minimum atomic E-state index is -1.72. The Kier molecular flexibility index (Phi) is 4.94. The second-order valence-corrected chi connectivity index (χ2v) is 3.01. The first-order valence-corrected chi connectivity index (χ1v) is 4.27. The fraction of sp³-hybridized carbons (Fsp3) is 1.00. The van der Waals surface area contributed by atoms with Crippen molar-refractivity contribution in [2.75, 3.05) is 5.75 Å². The molecule has 0 rings (SSSR count). The molecule has 0 saturated heterocycles. The summed E-state index contributed by atoms with van der Waals surface area (Å²) < 4.78 is 18.5. The molecule has 0 bridgehead atoms. The lowest BCUT2D eigenvalue weighted by atomic mass is 10.2. The lowest BCUT2D eigenvalue weighted by Gasteiger charge is -2.04. The van der Waals surface area contributed by atoms with Gasteiger partial charge in [-0.05, 0) is 6.42 Å². The Hall–Kier alpha value is 0.0700. The maximum Gasteiger partial charge on any atom is 0.154 e. The molecule has 56 valence electrons. The Morgan fingerprint density at radius 1 is 1.78 bits per heavy atom. The third-order valence-corrected chi connectivity index (χ3v) is 1.73. The summed E-state index contributed by atoms with van der Waals surface area (Å²) >= 11 is -1.72. The van der Waals surface area contributed by atoms with Crippen molar-refractivity contribution in [3.8, 4) is 0 Å². The van der Waals surface area contributed by atoms with Gasteiger partial charge >= 0.3 is 0 Å². The predicted molar refractivity (Wildman–Crippen MR) is 38.5 cm³/mol. The van der Waals surface area contributed by atoms with Gasteiger partial charge in [0.05, 0.1) is 5.75 Å². The van der Waals surface area contributed by atoms with E-state index < -0.39 is 11.1 Å². The monoisotopic (exact) mass is 151 g/mol. The quantitative estimate of drug-likeness (QED) is 0.569. The molecule has 2 unspecified atom stereocenters. The standard InChI is InChI=1S/C5H13NO2S/c1-2-3-5(6)4-9(7)8/h5H,2-4,6H2,1H3,(H,7,8). The molecule has 9 heavy (non-hydrogen) atoms. The van der Waals surface area contributed by atoms with Crippen molar-refractivity contribution in [2.24, 2.45) is 5.73 Å². The van der Waals surface area contributed by atoms with E-state index in [2.05, 4.69) is 0 Å². The summed E-state index contributed by atoms with van der Waals surface area (Å²) in [4.78, 5) is 0. The van der Waals surface area contributed by atoms with Gasteiger partial charge in [0.2, 0.25) is 0 Å². The Morgan fingerprint density at radius 3 is 2.67 bits per heavy atom. The molecule has 3 nitrogen and oxygen atoms in total. The average Bonchev–Trinajstić information content (AvgIpc) is 1.63. The zero-order valence-electron chi connectivity index (χ0n) is 5.54. The van der Waals surface area contributed by atoms with Crippen LogP contribution in [0.15, 0.2) is 0 Å². The van der Waals surface area contributed by atoms with Gasteiger partial charge in [-0.25, -0.2) is 4.21 Å². The van der Waals surface area contributed by atoms with Crippen LogP contribution < -0.4 is 5.73 Å². The van der Waals surface area contributed by atoms with Crippen molar-refractivity contribution in [1.82, 2.24) is 0 Å². The Morgan fingerprint density at radius 2 is 2.33 bits per heavy atom. The Labute approximate surface area is 57.9 Å². The normalized spacial score (nSPS) is 17.2. The van der Waals surface area contributed by atoms with Gasteiger partial charge in [0.25, 0.3) is 0 Å². The SMILES string of the molecule is CCCC(N)CS(=O)O. The number of nitrogens with two attached hydrogens (primary N) is 1. The second kappa shape index (κ2) is 4.90. The summed E-state index contributed by atoms with van der Waals surface area (Å²) in [5.41, 5.74) is 5.43. The van der Waals surface area contributed by atoms with Crippen molar-refractivity contribution in [3.63, 3.8) is 0 Å². The molecule has 0 spiro atoms. The minimum Gasteiger partial charge on any atom is -0.327 e. The van der Waals surface area contributed by atoms with E-state index in [1.807, 2.05) is 6.92 Å². The van der Waals surface area contributed by atoms with Crippen LogP contribution in [-0.2, 0) is 11.1 Å². The summed E-state index contributed by atoms with van der Waals surface area (Å²) in [5.74, 6) is 0.202. The molecule has 0 aliphatic heterocycles. The van der Waals surface area contributed by atoms with Gasteiger partial charge < -0.3 is 10.3 Å². The lowest BCUT2D eigenvalue weighted by Crippen LogP contribution is -2.26. The first kappa shape index (κ1) is 9.07. The van der Waals surface area contributed by atoms with Crippen LogP contribution in [0.4, 0.5) is 0 Å². The molecule has 0 heterocycles. The van der Waals surface area contributed by atoms with E-state index in [9.17, 15) is 4.21 Å². The van der Waals surface area contributed by atoms with Crippen molar-refractivity contribution in [2.45, 2.75) is 25.8 Å². The van der Waals surface area contributed by atoms with Crippen molar-refractivity contribution in [1.29, 1.82) is 0 Å². The Bertz CT molecular complexity index is 97.0. The topological polar surface area (TPSA) is 63.3 Å². The van der Waals surface area contributed by atoms with Gasteiger partial charge in [0.1, 0.15) is 0 Å². The molecule has 0 amide bonds. The molecule has 0 radical (unpaired) electrons. The number of hydrogen-bond donors (Lipinski definition) is 2. The number of rotatable bonds is 4. The fourth-order valence-corrected chi connectivity index (χ4v) is 1.17. The summed E-state index contributed by atoms with van der Waals surface area (Å²) in [6, 6.07) is -0.110. The van der Waals surface area contributed by atoms with Crippen LogP contribution in [0.3, 0.4) is 0 Å². The molecule has 0 aliphatic rings. The van der Waals surface area contributed by atoms with Gasteiger partial charge in [-0.3, -0.25) is 0 Å². The van der Waals surface area contributed by atoms with E-state index in [1.54, 1.807) is 0 Å². The third kappa shape index (κ3) is 5.95. The first-order valence-electron chi connectivity index (χ1n) is 2.99. The van der Waals surface area contributed by atoms with E-state index in [0.29, 0.717) is 0 Å². The molecule has 2 atom stereocenters. The zero-order chi connectivity index (χ0) is 7.28. The van der Waals surface area contributed by atoms with Gasteiger partial charge in [0.15, 0.2) is 11.1 Å². The predicted octanol–water partition coefficient (Wildman–Crippen LogP) is 0.336. The summed E-state index contributed by atoms with van der Waals surface area (Å²) in [6.07, 6.45) is 1.80. The fourth-order valence-electron chi connectivity index (χ4n) is 0.637. The van der Waals surface area contributed by atoms with Gasteiger partial charge in [-0.1, -0.05) is 13.3 Å². The maximum absolute atomic E-state index is 10.1. The van der Waals surface area contributed by atoms with Crippen LogP contribution in [0.25, 0.3) is 0 Å². The molecule has 0 aromatic rings. The van der Waals surface area contributed by atoms with Crippen LogP contribution in [0.2, 0.25) is 0 Å². The molecule has 0 aromatic carbocycles. The van der Waals surface area contributed by atoms with Crippen molar-refractivity contribution >= 4 is 11.1 Å². The van der Waals surface area contributed by atoms with E-state index in [-0.39, 0.29) is 11.8 Å². The largest absolute Gasteiger partial charge is 0.327 e. The summed E-state index contributed by atoms with van der Waals surface area (Å²) in [6.45, 7) is 2.00. The highest BCUT2D eigenvalue weighted by Crippen LogP contribution is 1.93. The molecule has 0 saturated carbocycles. The molecule has 4 heteroatoms. The van der Waals surface area contributed by atoms with Crippen LogP contribution in [0.1, 0.15) is 19.8 Å². The van der Waals surface area contributed by atoms with Gasteiger partial charge in [-0.15, -0.1) is 0 Å². The van der Waals surface area contributed by atoms with Crippen molar-refractivity contribution in [3.05, 3.63) is 0 Å². The van der Waals surface area contributed by atoms with Crippen molar-refractivity contribution < 1.29 is 8.76 Å². The smallest absolute Gasteiger partial charge is 0.154 e. The second-order valence-electron chi connectivity index (χ2n) is 2.04. The highest BCUT2D eigenvalue weighted by molar-refractivity contribution is 7.79. The summed E-state index contributed by atoms with van der Waals surface area (Å²) in [7, 11) is 0. The maximum atomic E-state index is 10.1. The number of hydrogen-bond acceptors (Lipinski definition) is 2. The van der Waals surface area contributed by atoms with E-state index in [4.69, 9.17) is 10.3 Å². The van der Waals surface area contributed by atoms with Crippen LogP contribution in [0.5, 0.6) is 0 Å². The average molecular weight is 151 g/mol. The summed E-state index contributed by atoms with van der Waals surface area (Å²) in [5, 5.41) is 0. The zero-order valence-corrected chi connectivity index (χ0v) is 6.36. The van der Waals surface area contributed by atoms with Crippen LogP contribution in [0, 0.1) is 0 Å². The van der Waals surface area contributed by atoms with E-state index in [1.165, 1.54) is 0 Å². The third-order valence-electron chi connectivity index (χ3n) is 1.02. The molecule has 0 fully saturated rings. The lowest BCUT2D eigenvalue weighted by molar-refractivity contribution is 0.549. The van der Waals surface area contributed by atoms with Crippen LogP contribution in [-0.4, -0.2) is 20.6 Å².